The molecule has 264 valence electrons. The molecular formula is C38H45N5O7. The van der Waals surface area contributed by atoms with Crippen molar-refractivity contribution in [1.29, 1.82) is 0 Å². The molecule has 2 unspecified atom stereocenters. The number of carbonyl (C=O) groups is 4. The Bertz CT molecular complexity index is 1840. The number of aromatic amines is 1. The quantitative estimate of drug-likeness (QED) is 0.137. The van der Waals surface area contributed by atoms with Crippen molar-refractivity contribution in [3.8, 4) is 17.0 Å². The fourth-order valence-corrected chi connectivity index (χ4v) is 5.79. The number of carbonyl (C=O) groups excluding carboxylic acids is 3. The minimum absolute atomic E-state index is 0.00397. The largest absolute Gasteiger partial charge is 0.496 e. The standard InChI is InChI=1S/C38H45N5O7/c1-22-17-27(33(39)44)18-23(2)28(22)20-30(42-37(48)50-38(4,5)6)35(45)43(16-15-25-13-14-32(49-7)29(19-25)36(46)47)24(3)34-40-21-31(41-34)26-11-9-8-10-12-26/h8-14,17-19,21,24,30H,15-16,20H2,1-7H3,(H2,39,44)(H,40,41)(H,42,48)(H,46,47). The number of aromatic nitrogens is 2. The predicted octanol–water partition coefficient (Wildman–Crippen LogP) is 5.77. The van der Waals surface area contributed by atoms with E-state index in [9.17, 15) is 24.3 Å². The van der Waals surface area contributed by atoms with Gasteiger partial charge >= 0.3 is 12.1 Å². The number of primary amides is 1. The maximum absolute atomic E-state index is 14.8. The van der Waals surface area contributed by atoms with E-state index in [1.807, 2.05) is 51.1 Å². The number of ether oxygens (including phenoxy) is 2. The van der Waals surface area contributed by atoms with E-state index in [1.165, 1.54) is 13.2 Å². The average molecular weight is 684 g/mol. The lowest BCUT2D eigenvalue weighted by atomic mass is 9.93. The van der Waals surface area contributed by atoms with E-state index in [0.717, 1.165) is 22.3 Å². The zero-order valence-electron chi connectivity index (χ0n) is 29.5. The van der Waals surface area contributed by atoms with Gasteiger partial charge in [-0.1, -0.05) is 36.4 Å². The van der Waals surface area contributed by atoms with Gasteiger partial charge in [0.1, 0.15) is 28.8 Å². The van der Waals surface area contributed by atoms with Crippen LogP contribution in [0, 0.1) is 13.8 Å². The fourth-order valence-electron chi connectivity index (χ4n) is 5.79. The van der Waals surface area contributed by atoms with Crippen molar-refractivity contribution in [1.82, 2.24) is 20.2 Å². The van der Waals surface area contributed by atoms with Crippen molar-refractivity contribution in [2.24, 2.45) is 5.73 Å². The number of rotatable bonds is 13. The number of aryl methyl sites for hydroxylation is 2. The molecule has 12 nitrogen and oxygen atoms in total. The molecule has 0 bridgehead atoms. The second-order valence-electron chi connectivity index (χ2n) is 13.2. The van der Waals surface area contributed by atoms with Crippen LogP contribution in [0.15, 0.2) is 66.9 Å². The Morgan fingerprint density at radius 1 is 1.02 bits per heavy atom. The van der Waals surface area contributed by atoms with Crippen LogP contribution in [0.5, 0.6) is 5.75 Å². The number of nitrogens with one attached hydrogen (secondary N) is 2. The van der Waals surface area contributed by atoms with Crippen LogP contribution in [0.2, 0.25) is 0 Å². The molecule has 0 radical (unpaired) electrons. The van der Waals surface area contributed by atoms with E-state index in [4.69, 9.17) is 20.2 Å². The average Bonchev–Trinajstić information content (AvgIpc) is 3.55. The maximum atomic E-state index is 14.8. The van der Waals surface area contributed by atoms with Gasteiger partial charge in [0, 0.05) is 30.3 Å². The number of benzene rings is 3. The molecule has 0 spiro atoms. The number of hydrogen-bond donors (Lipinski definition) is 4. The zero-order chi connectivity index (χ0) is 36.7. The highest BCUT2D eigenvalue weighted by molar-refractivity contribution is 5.93. The minimum atomic E-state index is -1.14. The summed E-state index contributed by atoms with van der Waals surface area (Å²) in [6.07, 6.45) is 1.39. The van der Waals surface area contributed by atoms with Crippen LogP contribution in [-0.2, 0) is 22.4 Å². The van der Waals surface area contributed by atoms with Crippen molar-refractivity contribution in [3.05, 3.63) is 106 Å². The number of amides is 3. The highest BCUT2D eigenvalue weighted by Gasteiger charge is 2.33. The summed E-state index contributed by atoms with van der Waals surface area (Å²) in [5.41, 5.74) is 9.57. The van der Waals surface area contributed by atoms with Gasteiger partial charge < -0.3 is 35.5 Å². The lowest BCUT2D eigenvalue weighted by Gasteiger charge is -2.33. The van der Waals surface area contributed by atoms with Crippen LogP contribution >= 0.6 is 0 Å². The first-order valence-electron chi connectivity index (χ1n) is 16.3. The normalized spacial score (nSPS) is 12.5. The smallest absolute Gasteiger partial charge is 0.408 e. The Kier molecular flexibility index (Phi) is 11.7. The number of aromatic carboxylic acids is 1. The van der Waals surface area contributed by atoms with Crippen molar-refractivity contribution in [3.63, 3.8) is 0 Å². The maximum Gasteiger partial charge on any atom is 0.408 e. The third-order valence-corrected chi connectivity index (χ3v) is 8.33. The number of carboxylic acids is 1. The Morgan fingerprint density at radius 3 is 2.26 bits per heavy atom. The Balaban J connectivity index is 1.75. The van der Waals surface area contributed by atoms with Gasteiger partial charge in [0.25, 0.3) is 0 Å². The van der Waals surface area contributed by atoms with E-state index >= 15 is 0 Å². The van der Waals surface area contributed by atoms with Gasteiger partial charge in [-0.05, 0) is 94.5 Å². The van der Waals surface area contributed by atoms with Gasteiger partial charge in [-0.2, -0.15) is 0 Å². The summed E-state index contributed by atoms with van der Waals surface area (Å²) in [5, 5.41) is 12.6. The fraction of sp³-hybridized carbons (Fsp3) is 0.342. The zero-order valence-corrected chi connectivity index (χ0v) is 29.5. The van der Waals surface area contributed by atoms with Crippen LogP contribution in [0.3, 0.4) is 0 Å². The first-order valence-corrected chi connectivity index (χ1v) is 16.3. The number of imidazole rings is 1. The number of nitrogens with zero attached hydrogens (tertiary/aromatic N) is 2. The molecular weight excluding hydrogens is 638 g/mol. The SMILES string of the molecule is COc1ccc(CCN(C(=O)C(Cc2c(C)cc(C(N)=O)cc2C)NC(=O)OC(C)(C)C)C(C)c2nc(-c3ccccc3)c[nH]2)cc1C(=O)O. The molecule has 1 heterocycles. The van der Waals surface area contributed by atoms with Crippen molar-refractivity contribution >= 4 is 23.9 Å². The van der Waals surface area contributed by atoms with Crippen LogP contribution in [0.25, 0.3) is 11.3 Å². The molecule has 5 N–H and O–H groups in total. The summed E-state index contributed by atoms with van der Waals surface area (Å²) in [7, 11) is 1.40. The molecule has 0 saturated carbocycles. The molecule has 50 heavy (non-hydrogen) atoms. The lowest BCUT2D eigenvalue weighted by molar-refractivity contribution is -0.135. The Hall–Kier alpha value is -5.65. The van der Waals surface area contributed by atoms with E-state index < -0.39 is 41.6 Å². The summed E-state index contributed by atoms with van der Waals surface area (Å²) in [6, 6.07) is 16.1. The van der Waals surface area contributed by atoms with Crippen LogP contribution in [-0.4, -0.2) is 69.1 Å². The number of carboxylic acid groups (broad SMARTS) is 1. The first kappa shape index (κ1) is 37.2. The van der Waals surface area contributed by atoms with E-state index in [0.29, 0.717) is 22.6 Å². The minimum Gasteiger partial charge on any atom is -0.496 e. The highest BCUT2D eigenvalue weighted by atomic mass is 16.6. The molecule has 12 heteroatoms. The number of alkyl carbamates (subject to hydrolysis) is 1. The summed E-state index contributed by atoms with van der Waals surface area (Å²) in [5.74, 6) is -1.37. The van der Waals surface area contributed by atoms with Crippen LogP contribution < -0.4 is 15.8 Å². The molecule has 0 fully saturated rings. The third-order valence-electron chi connectivity index (χ3n) is 8.33. The molecule has 1 aromatic heterocycles. The van der Waals surface area contributed by atoms with Gasteiger partial charge in [-0.3, -0.25) is 9.59 Å². The Labute approximate surface area is 292 Å². The summed E-state index contributed by atoms with van der Waals surface area (Å²) < 4.78 is 10.8. The van der Waals surface area contributed by atoms with Crippen LogP contribution in [0.1, 0.15) is 82.5 Å². The van der Waals surface area contributed by atoms with E-state index in [-0.39, 0.29) is 30.7 Å². The third kappa shape index (κ3) is 9.28. The van der Waals surface area contributed by atoms with Gasteiger partial charge in [-0.15, -0.1) is 0 Å². The van der Waals surface area contributed by atoms with Gasteiger partial charge in [0.2, 0.25) is 11.8 Å². The molecule has 0 aliphatic carbocycles. The molecule has 3 amide bonds. The van der Waals surface area contributed by atoms with Gasteiger partial charge in [0.15, 0.2) is 0 Å². The molecule has 2 atom stereocenters. The van der Waals surface area contributed by atoms with Crippen molar-refractivity contribution in [2.45, 2.75) is 72.1 Å². The van der Waals surface area contributed by atoms with Crippen molar-refractivity contribution < 1.29 is 33.8 Å². The second-order valence-corrected chi connectivity index (χ2v) is 13.2. The lowest BCUT2D eigenvalue weighted by Crippen LogP contribution is -2.52. The first-order chi connectivity index (χ1) is 23.6. The number of methoxy groups -OCH3 is 1. The number of hydrogen-bond acceptors (Lipinski definition) is 7. The Morgan fingerprint density at radius 2 is 1.68 bits per heavy atom. The topological polar surface area (TPSA) is 177 Å². The summed E-state index contributed by atoms with van der Waals surface area (Å²) in [4.78, 5) is 61.5. The number of H-pyrrole nitrogens is 1. The van der Waals surface area contributed by atoms with E-state index in [2.05, 4.69) is 10.3 Å². The van der Waals surface area contributed by atoms with Crippen molar-refractivity contribution in [2.75, 3.05) is 13.7 Å². The molecule has 3 aromatic carbocycles. The van der Waals surface area contributed by atoms with E-state index in [1.54, 1.807) is 56.1 Å². The van der Waals surface area contributed by atoms with Gasteiger partial charge in [-0.25, -0.2) is 14.6 Å². The molecule has 4 rings (SSSR count). The number of nitrogens with two attached hydrogens (primary N) is 1. The molecule has 0 saturated heterocycles. The molecule has 4 aromatic rings. The van der Waals surface area contributed by atoms with Gasteiger partial charge in [0.05, 0.1) is 18.8 Å². The van der Waals surface area contributed by atoms with Crippen LogP contribution in [0.4, 0.5) is 4.79 Å². The molecule has 0 aliphatic heterocycles. The predicted molar refractivity (Wildman–Crippen MR) is 189 cm³/mol. The monoisotopic (exact) mass is 683 g/mol. The summed E-state index contributed by atoms with van der Waals surface area (Å²) in [6.45, 7) is 10.8. The second kappa shape index (κ2) is 15.7. The summed E-state index contributed by atoms with van der Waals surface area (Å²) >= 11 is 0. The highest BCUT2D eigenvalue weighted by Crippen LogP contribution is 2.27. The molecule has 0 aliphatic rings.